The number of Topliss-reactive ketones (excluding diaryl/α,β-unsaturated/α-hetero) is 1. The maximum absolute atomic E-state index is 13.2. The number of ketones is 1. The van der Waals surface area contributed by atoms with Crippen molar-refractivity contribution in [1.29, 1.82) is 0 Å². The lowest BCUT2D eigenvalue weighted by molar-refractivity contribution is 0.101. The lowest BCUT2D eigenvalue weighted by Gasteiger charge is -2.34. The van der Waals surface area contributed by atoms with Gasteiger partial charge in [0.15, 0.2) is 17.1 Å². The quantitative estimate of drug-likeness (QED) is 0.536. The number of nitrogens with one attached hydrogen (secondary N) is 1. The summed E-state index contributed by atoms with van der Waals surface area (Å²) in [5.74, 6) is 0.672. The molecule has 35 heavy (non-hydrogen) atoms. The lowest BCUT2D eigenvalue weighted by Crippen LogP contribution is -2.44. The first-order chi connectivity index (χ1) is 16.9. The van der Waals surface area contributed by atoms with Crippen molar-refractivity contribution in [2.45, 2.75) is 38.6 Å². The van der Waals surface area contributed by atoms with Crippen molar-refractivity contribution in [3.05, 3.63) is 40.4 Å². The van der Waals surface area contributed by atoms with Crippen molar-refractivity contribution in [2.75, 3.05) is 50.6 Å². The summed E-state index contributed by atoms with van der Waals surface area (Å²) in [6, 6.07) is 6.04. The van der Waals surface area contributed by atoms with Crippen LogP contribution in [0.15, 0.2) is 29.2 Å². The van der Waals surface area contributed by atoms with Crippen molar-refractivity contribution in [1.82, 2.24) is 24.4 Å². The van der Waals surface area contributed by atoms with Crippen LogP contribution < -0.4 is 20.5 Å². The Bertz CT molecular complexity index is 1310. The second-order valence-corrected chi connectivity index (χ2v) is 9.33. The molecule has 1 N–H and O–H groups in total. The number of hydrogen-bond donors (Lipinski definition) is 1. The van der Waals surface area contributed by atoms with Gasteiger partial charge < -0.3 is 19.9 Å². The van der Waals surface area contributed by atoms with Crippen LogP contribution in [0.1, 0.15) is 49.1 Å². The van der Waals surface area contributed by atoms with Crippen LogP contribution >= 0.6 is 0 Å². The summed E-state index contributed by atoms with van der Waals surface area (Å²) in [7, 11) is 3.78. The average molecular weight is 478 g/mol. The van der Waals surface area contributed by atoms with Crippen LogP contribution in [0.5, 0.6) is 5.75 Å². The monoisotopic (exact) mass is 477 g/mol. The Morgan fingerprint density at radius 2 is 1.86 bits per heavy atom. The van der Waals surface area contributed by atoms with Crippen molar-refractivity contribution in [3.63, 3.8) is 0 Å². The number of rotatable bonds is 6. The molecule has 2 aliphatic rings. The summed E-state index contributed by atoms with van der Waals surface area (Å²) < 4.78 is 7.31. The molecule has 0 spiro atoms. The van der Waals surface area contributed by atoms with Gasteiger partial charge in [-0.15, -0.1) is 0 Å². The zero-order valence-electron chi connectivity index (χ0n) is 20.5. The number of methoxy groups -OCH3 is 1. The first-order valence-electron chi connectivity index (χ1n) is 12.1. The molecule has 2 fully saturated rings. The number of ether oxygens (including phenoxy) is 1. The normalized spacial score (nSPS) is 17.2. The van der Waals surface area contributed by atoms with Gasteiger partial charge in [-0.1, -0.05) is 12.8 Å². The highest BCUT2D eigenvalue weighted by molar-refractivity contribution is 5.93. The van der Waals surface area contributed by atoms with E-state index in [1.54, 1.807) is 17.9 Å². The highest BCUT2D eigenvalue weighted by Crippen LogP contribution is 2.33. The van der Waals surface area contributed by atoms with Crippen LogP contribution in [-0.2, 0) is 0 Å². The molecule has 0 unspecified atom stereocenters. The number of carbonyl (C=O) groups excluding carboxylic acids is 1. The molecule has 0 bridgehead atoms. The van der Waals surface area contributed by atoms with Gasteiger partial charge in [0.25, 0.3) is 5.56 Å². The first kappa shape index (κ1) is 23.2. The van der Waals surface area contributed by atoms with Crippen LogP contribution in [-0.4, -0.2) is 70.5 Å². The van der Waals surface area contributed by atoms with E-state index < -0.39 is 0 Å². The maximum Gasteiger partial charge on any atom is 0.282 e. The van der Waals surface area contributed by atoms with E-state index in [9.17, 15) is 9.59 Å². The highest BCUT2D eigenvalue weighted by Gasteiger charge is 2.25. The van der Waals surface area contributed by atoms with Gasteiger partial charge in [0.2, 0.25) is 5.95 Å². The highest BCUT2D eigenvalue weighted by atomic mass is 16.5. The Labute approximate surface area is 203 Å². The van der Waals surface area contributed by atoms with Crippen LogP contribution in [0.2, 0.25) is 0 Å². The van der Waals surface area contributed by atoms with Crippen LogP contribution in [0.4, 0.5) is 17.3 Å². The third-order valence-electron chi connectivity index (χ3n) is 6.96. The van der Waals surface area contributed by atoms with E-state index in [1.165, 1.54) is 6.92 Å². The predicted octanol–water partition coefficient (Wildman–Crippen LogP) is 3.01. The molecule has 2 aromatic heterocycles. The Balaban J connectivity index is 1.50. The fourth-order valence-electron chi connectivity index (χ4n) is 4.96. The summed E-state index contributed by atoms with van der Waals surface area (Å²) >= 11 is 0. The number of likely N-dealkylation sites (N-methyl/N-ethyl adjacent to an activating group) is 1. The summed E-state index contributed by atoms with van der Waals surface area (Å²) in [4.78, 5) is 43.3. The molecule has 1 saturated carbocycles. The summed E-state index contributed by atoms with van der Waals surface area (Å²) in [5, 5.41) is 3.24. The molecule has 0 radical (unpaired) electrons. The predicted molar refractivity (Wildman–Crippen MR) is 135 cm³/mol. The van der Waals surface area contributed by atoms with Crippen molar-refractivity contribution < 1.29 is 9.53 Å². The number of anilines is 3. The lowest BCUT2D eigenvalue weighted by atomic mass is 10.2. The number of hydrogen-bond acceptors (Lipinski definition) is 9. The average Bonchev–Trinajstić information content (AvgIpc) is 3.38. The van der Waals surface area contributed by atoms with E-state index in [-0.39, 0.29) is 23.1 Å². The Kier molecular flexibility index (Phi) is 6.38. The number of benzene rings is 1. The van der Waals surface area contributed by atoms with Crippen LogP contribution in [0.3, 0.4) is 0 Å². The van der Waals surface area contributed by atoms with Gasteiger partial charge in [-0.05, 0) is 32.0 Å². The van der Waals surface area contributed by atoms with Crippen molar-refractivity contribution in [3.8, 4) is 5.75 Å². The molecule has 1 aromatic carbocycles. The first-order valence-corrected chi connectivity index (χ1v) is 12.1. The molecule has 184 valence electrons. The molecule has 1 aliphatic carbocycles. The smallest absolute Gasteiger partial charge is 0.282 e. The third-order valence-corrected chi connectivity index (χ3v) is 6.96. The fourth-order valence-corrected chi connectivity index (χ4v) is 4.96. The minimum absolute atomic E-state index is 0.00579. The Morgan fingerprint density at radius 1 is 1.11 bits per heavy atom. The van der Waals surface area contributed by atoms with Crippen molar-refractivity contribution >= 4 is 34.3 Å². The molecule has 10 nitrogen and oxygen atoms in total. The third kappa shape index (κ3) is 4.58. The Hall–Kier alpha value is -3.53. The van der Waals surface area contributed by atoms with E-state index in [4.69, 9.17) is 4.74 Å². The number of aromatic nitrogens is 4. The molecule has 3 heterocycles. The standard InChI is InChI=1S/C25H31N7O3/c1-16(33)22-24(34)32(17-6-4-5-7-17)23-20(27-22)15-26-25(29-23)28-19-9-8-18(14-21(19)35-3)31-12-10-30(2)11-13-31/h8-9,14-15,17H,4-7,10-13H2,1-3H3,(H,26,28,29). The fraction of sp³-hybridized carbons (Fsp3) is 0.480. The van der Waals surface area contributed by atoms with E-state index in [0.717, 1.165) is 63.2 Å². The van der Waals surface area contributed by atoms with Gasteiger partial charge in [0.05, 0.1) is 19.0 Å². The second kappa shape index (κ2) is 9.61. The zero-order valence-corrected chi connectivity index (χ0v) is 20.5. The number of piperazine rings is 1. The van der Waals surface area contributed by atoms with Gasteiger partial charge >= 0.3 is 0 Å². The van der Waals surface area contributed by atoms with Gasteiger partial charge in [0.1, 0.15) is 11.3 Å². The van der Waals surface area contributed by atoms with E-state index in [2.05, 4.69) is 43.2 Å². The van der Waals surface area contributed by atoms with Crippen LogP contribution in [0, 0.1) is 0 Å². The molecule has 0 atom stereocenters. The van der Waals surface area contributed by atoms with Gasteiger partial charge in [-0.2, -0.15) is 4.98 Å². The number of nitrogens with zero attached hydrogens (tertiary/aromatic N) is 6. The van der Waals surface area contributed by atoms with Gasteiger partial charge in [0, 0.05) is 50.9 Å². The van der Waals surface area contributed by atoms with Gasteiger partial charge in [-0.25, -0.2) is 9.97 Å². The van der Waals surface area contributed by atoms with E-state index in [1.807, 2.05) is 12.1 Å². The maximum atomic E-state index is 13.2. The van der Waals surface area contributed by atoms with Crippen LogP contribution in [0.25, 0.3) is 11.2 Å². The molecular formula is C25H31N7O3. The molecular weight excluding hydrogens is 446 g/mol. The van der Waals surface area contributed by atoms with E-state index >= 15 is 0 Å². The molecule has 5 rings (SSSR count). The summed E-state index contributed by atoms with van der Waals surface area (Å²) in [5.41, 5.74) is 2.27. The topological polar surface area (TPSA) is 105 Å². The Morgan fingerprint density at radius 3 is 2.54 bits per heavy atom. The summed E-state index contributed by atoms with van der Waals surface area (Å²) in [6.07, 6.45) is 5.41. The molecule has 10 heteroatoms. The number of carbonyl (C=O) groups is 1. The number of fused-ring (bicyclic) bond motifs is 1. The second-order valence-electron chi connectivity index (χ2n) is 9.33. The minimum Gasteiger partial charge on any atom is -0.494 e. The molecule has 0 amide bonds. The molecule has 3 aromatic rings. The van der Waals surface area contributed by atoms with Gasteiger partial charge in [-0.3, -0.25) is 14.2 Å². The SMILES string of the molecule is COc1cc(N2CCN(C)CC2)ccc1Nc1ncc2nc(C(C)=O)c(=O)n(C3CCCC3)c2n1. The molecule has 1 saturated heterocycles. The van der Waals surface area contributed by atoms with Crippen molar-refractivity contribution in [2.24, 2.45) is 0 Å². The largest absolute Gasteiger partial charge is 0.494 e. The molecule has 1 aliphatic heterocycles. The zero-order chi connectivity index (χ0) is 24.5. The summed E-state index contributed by atoms with van der Waals surface area (Å²) in [6.45, 7) is 5.34. The van der Waals surface area contributed by atoms with E-state index in [0.29, 0.717) is 22.9 Å². The minimum atomic E-state index is -0.379.